The smallest absolute Gasteiger partial charge is 0.297 e. The van der Waals surface area contributed by atoms with Gasteiger partial charge in [-0.25, -0.2) is 9.36 Å². The summed E-state index contributed by atoms with van der Waals surface area (Å²) in [5, 5.41) is 25.0. The van der Waals surface area contributed by atoms with E-state index in [4.69, 9.17) is 5.10 Å². The SMILES string of the molecule is O=c1c2nn(Cc3ccc(-n4cccn4)cc3)c3ccccc3c-2nn1C1CCCC[C@H]1O. The lowest BCUT2D eigenvalue weighted by atomic mass is 9.93. The molecule has 6 rings (SSSR count). The molecule has 2 aromatic carbocycles. The number of aliphatic hydroxyl groups excluding tert-OH is 1. The third-order valence-corrected chi connectivity index (χ3v) is 6.55. The highest BCUT2D eigenvalue weighted by Gasteiger charge is 2.31. The summed E-state index contributed by atoms with van der Waals surface area (Å²) < 4.78 is 5.15. The van der Waals surface area contributed by atoms with Crippen LogP contribution < -0.4 is 5.56 Å². The number of fused-ring (bicyclic) bond motifs is 3. The number of nitrogens with zero attached hydrogens (tertiary/aromatic N) is 6. The second-order valence-corrected chi connectivity index (χ2v) is 8.66. The molecule has 3 aliphatic rings. The molecule has 0 bridgehead atoms. The van der Waals surface area contributed by atoms with Gasteiger partial charge in [0.25, 0.3) is 5.56 Å². The average molecular weight is 441 g/mol. The minimum Gasteiger partial charge on any atom is -0.391 e. The third-order valence-electron chi connectivity index (χ3n) is 6.55. The van der Waals surface area contributed by atoms with Crippen LogP contribution in [0, 0.1) is 0 Å². The number of hydrogen-bond donors (Lipinski definition) is 1. The normalized spacial score (nSPS) is 18.8. The molecule has 8 nitrogen and oxygen atoms in total. The van der Waals surface area contributed by atoms with Crippen LogP contribution >= 0.6 is 0 Å². The Morgan fingerprint density at radius 3 is 2.55 bits per heavy atom. The predicted octanol–water partition coefficient (Wildman–Crippen LogP) is 3.41. The number of aliphatic hydroxyl groups is 1. The van der Waals surface area contributed by atoms with Crippen LogP contribution in [0.25, 0.3) is 28.0 Å². The summed E-state index contributed by atoms with van der Waals surface area (Å²) in [5.41, 5.74) is 3.67. The molecule has 0 spiro atoms. The Hall–Kier alpha value is -3.78. The van der Waals surface area contributed by atoms with E-state index in [1.54, 1.807) is 6.20 Å². The van der Waals surface area contributed by atoms with Gasteiger partial charge in [0.15, 0.2) is 5.69 Å². The summed E-state index contributed by atoms with van der Waals surface area (Å²) in [6.45, 7) is 0.520. The van der Waals surface area contributed by atoms with E-state index in [1.165, 1.54) is 4.68 Å². The Morgan fingerprint density at radius 2 is 1.76 bits per heavy atom. The van der Waals surface area contributed by atoms with Crippen LogP contribution in [0.5, 0.6) is 0 Å². The van der Waals surface area contributed by atoms with E-state index < -0.39 is 6.10 Å². The predicted molar refractivity (Wildman–Crippen MR) is 125 cm³/mol. The van der Waals surface area contributed by atoms with E-state index >= 15 is 0 Å². The van der Waals surface area contributed by atoms with Gasteiger partial charge >= 0.3 is 0 Å². The fraction of sp³-hybridized carbons (Fsp3) is 0.280. The highest BCUT2D eigenvalue weighted by atomic mass is 16.3. The second-order valence-electron chi connectivity index (χ2n) is 8.66. The zero-order chi connectivity index (χ0) is 22.4. The van der Waals surface area contributed by atoms with Crippen molar-refractivity contribution in [2.45, 2.75) is 44.4 Å². The Morgan fingerprint density at radius 1 is 0.939 bits per heavy atom. The fourth-order valence-corrected chi connectivity index (χ4v) is 4.83. The molecule has 166 valence electrons. The largest absolute Gasteiger partial charge is 0.391 e. The molecule has 1 N–H and O–H groups in total. The first-order valence-electron chi connectivity index (χ1n) is 11.3. The van der Waals surface area contributed by atoms with Crippen LogP contribution in [0.3, 0.4) is 0 Å². The van der Waals surface area contributed by atoms with Crippen molar-refractivity contribution in [3.8, 4) is 17.1 Å². The Labute approximate surface area is 190 Å². The molecule has 33 heavy (non-hydrogen) atoms. The monoisotopic (exact) mass is 440 g/mol. The van der Waals surface area contributed by atoms with Gasteiger partial charge in [-0.05, 0) is 42.7 Å². The second kappa shape index (κ2) is 7.97. The molecule has 1 saturated carbocycles. The van der Waals surface area contributed by atoms with Gasteiger partial charge < -0.3 is 5.11 Å². The first kappa shape index (κ1) is 19.9. The van der Waals surface area contributed by atoms with Crippen molar-refractivity contribution in [3.05, 3.63) is 82.9 Å². The number of aromatic nitrogens is 6. The summed E-state index contributed by atoms with van der Waals surface area (Å²) in [6.07, 6.45) is 6.53. The van der Waals surface area contributed by atoms with E-state index in [0.717, 1.165) is 41.4 Å². The molecule has 0 amide bonds. The van der Waals surface area contributed by atoms with E-state index in [0.29, 0.717) is 24.4 Å². The van der Waals surface area contributed by atoms with Crippen LogP contribution in [0.4, 0.5) is 0 Å². The van der Waals surface area contributed by atoms with Crippen LogP contribution in [0.1, 0.15) is 37.3 Å². The molecule has 8 heteroatoms. The van der Waals surface area contributed by atoms with Crippen LogP contribution in [-0.2, 0) is 6.54 Å². The molecule has 1 unspecified atom stereocenters. The van der Waals surface area contributed by atoms with Crippen LogP contribution in [0.15, 0.2) is 71.8 Å². The lowest BCUT2D eigenvalue weighted by molar-refractivity contribution is 0.0681. The molecule has 1 aliphatic carbocycles. The Kier molecular flexibility index (Phi) is 4.80. The quantitative estimate of drug-likeness (QED) is 0.463. The summed E-state index contributed by atoms with van der Waals surface area (Å²) >= 11 is 0. The summed E-state index contributed by atoms with van der Waals surface area (Å²) in [5.74, 6) is 0. The summed E-state index contributed by atoms with van der Waals surface area (Å²) in [4.78, 5) is 13.3. The summed E-state index contributed by atoms with van der Waals surface area (Å²) in [7, 11) is 0. The van der Waals surface area contributed by atoms with Crippen molar-refractivity contribution in [3.63, 3.8) is 0 Å². The topological polar surface area (TPSA) is 90.8 Å². The first-order chi connectivity index (χ1) is 16.2. The lowest BCUT2D eigenvalue weighted by Crippen LogP contribution is -2.33. The Bertz CT molecular complexity index is 1430. The van der Waals surface area contributed by atoms with Crippen molar-refractivity contribution in [2.75, 3.05) is 0 Å². The van der Waals surface area contributed by atoms with Crippen molar-refractivity contribution >= 4 is 10.9 Å². The standard InChI is InChI=1S/C25H24N6O2/c32-22-9-4-3-8-21(22)31-25(33)24-23(28-31)19-6-1-2-7-20(19)30(27-24)16-17-10-12-18(13-11-17)29-15-5-14-26-29/h1-2,5-7,10-15,21-22,32H,3-4,8-9,16H2/t21?,22-/m1/s1. The molecule has 0 saturated heterocycles. The minimum atomic E-state index is -0.549. The number of para-hydroxylation sites is 1. The van der Waals surface area contributed by atoms with Gasteiger partial charge in [0.05, 0.1) is 29.9 Å². The van der Waals surface area contributed by atoms with Gasteiger partial charge in [0.2, 0.25) is 0 Å². The highest BCUT2D eigenvalue weighted by Crippen LogP contribution is 2.31. The maximum absolute atomic E-state index is 13.3. The summed E-state index contributed by atoms with van der Waals surface area (Å²) in [6, 6.07) is 17.6. The van der Waals surface area contributed by atoms with Gasteiger partial charge in [-0.15, -0.1) is 0 Å². The zero-order valence-electron chi connectivity index (χ0n) is 18.1. The zero-order valence-corrected chi connectivity index (χ0v) is 18.1. The van der Waals surface area contributed by atoms with Crippen molar-refractivity contribution in [2.24, 2.45) is 0 Å². The minimum absolute atomic E-state index is 0.232. The van der Waals surface area contributed by atoms with Gasteiger partial charge in [0.1, 0.15) is 5.69 Å². The molecule has 2 aliphatic heterocycles. The van der Waals surface area contributed by atoms with Gasteiger partial charge in [-0.2, -0.15) is 15.3 Å². The molecular formula is C25H24N6O2. The van der Waals surface area contributed by atoms with Gasteiger partial charge in [-0.3, -0.25) is 9.48 Å². The number of hydrogen-bond acceptors (Lipinski definition) is 5. The van der Waals surface area contributed by atoms with Crippen molar-refractivity contribution < 1.29 is 5.11 Å². The molecule has 3 heterocycles. The molecule has 1 fully saturated rings. The molecule has 2 atom stereocenters. The number of rotatable bonds is 4. The third kappa shape index (κ3) is 3.43. The maximum Gasteiger partial charge on any atom is 0.297 e. The van der Waals surface area contributed by atoms with Crippen molar-refractivity contribution in [1.82, 2.24) is 29.3 Å². The molecule has 3 aromatic rings. The van der Waals surface area contributed by atoms with E-state index in [-0.39, 0.29) is 11.6 Å². The molecule has 1 aromatic heterocycles. The molecule has 0 radical (unpaired) electrons. The lowest BCUT2D eigenvalue weighted by Gasteiger charge is -2.26. The fourth-order valence-electron chi connectivity index (χ4n) is 4.83. The Balaban J connectivity index is 1.43. The highest BCUT2D eigenvalue weighted by molar-refractivity contribution is 5.92. The van der Waals surface area contributed by atoms with Gasteiger partial charge in [0, 0.05) is 17.8 Å². The van der Waals surface area contributed by atoms with E-state index in [1.807, 2.05) is 70.2 Å². The van der Waals surface area contributed by atoms with E-state index in [9.17, 15) is 9.90 Å². The first-order valence-corrected chi connectivity index (χ1v) is 11.3. The van der Waals surface area contributed by atoms with E-state index in [2.05, 4.69) is 10.2 Å². The van der Waals surface area contributed by atoms with Gasteiger partial charge in [-0.1, -0.05) is 43.2 Å². The average Bonchev–Trinajstić information content (AvgIpc) is 3.49. The molecular weight excluding hydrogens is 416 g/mol. The number of benzene rings is 2. The van der Waals surface area contributed by atoms with Crippen LogP contribution in [-0.4, -0.2) is 40.6 Å². The van der Waals surface area contributed by atoms with Crippen molar-refractivity contribution in [1.29, 1.82) is 0 Å². The van der Waals surface area contributed by atoms with Crippen LogP contribution in [0.2, 0.25) is 0 Å². The maximum atomic E-state index is 13.3.